The van der Waals surface area contributed by atoms with Gasteiger partial charge in [0.25, 0.3) is 0 Å². The molecule has 0 unspecified atom stereocenters. The van der Waals surface area contributed by atoms with Gasteiger partial charge in [0.15, 0.2) is 0 Å². The SMILES string of the molecule is O=C(CCCn1cccn1)N1C[C@@H](Cc2ccnc3ccccc23)[C@@H](O)C1. The Morgan fingerprint density at radius 1 is 1.15 bits per heavy atom. The monoisotopic (exact) mass is 364 g/mol. The normalized spacial score (nSPS) is 19.7. The van der Waals surface area contributed by atoms with Gasteiger partial charge < -0.3 is 10.0 Å². The van der Waals surface area contributed by atoms with Gasteiger partial charge >= 0.3 is 0 Å². The molecule has 2 atom stereocenters. The minimum atomic E-state index is -0.480. The molecule has 1 saturated heterocycles. The lowest BCUT2D eigenvalue weighted by Crippen LogP contribution is -2.29. The zero-order valence-corrected chi connectivity index (χ0v) is 15.2. The summed E-state index contributed by atoms with van der Waals surface area (Å²) in [7, 11) is 0. The van der Waals surface area contributed by atoms with Crippen molar-refractivity contribution in [2.24, 2.45) is 5.92 Å². The molecule has 27 heavy (non-hydrogen) atoms. The quantitative estimate of drug-likeness (QED) is 0.728. The zero-order chi connectivity index (χ0) is 18.6. The Hall–Kier alpha value is -2.73. The number of aromatic nitrogens is 3. The van der Waals surface area contributed by atoms with Crippen LogP contribution in [0.15, 0.2) is 55.0 Å². The average molecular weight is 364 g/mol. The number of aliphatic hydroxyl groups is 1. The molecule has 3 heterocycles. The van der Waals surface area contributed by atoms with Crippen LogP contribution in [0.3, 0.4) is 0 Å². The molecule has 1 aromatic carbocycles. The molecule has 4 rings (SSSR count). The van der Waals surface area contributed by atoms with Crippen molar-refractivity contribution in [2.75, 3.05) is 13.1 Å². The number of benzene rings is 1. The van der Waals surface area contributed by atoms with Crippen molar-refractivity contribution in [3.05, 3.63) is 60.6 Å². The van der Waals surface area contributed by atoms with E-state index in [1.165, 1.54) is 5.56 Å². The van der Waals surface area contributed by atoms with Gasteiger partial charge in [0.05, 0.1) is 11.6 Å². The molecule has 0 spiro atoms. The third-order valence-electron chi connectivity index (χ3n) is 5.32. The fourth-order valence-corrected chi connectivity index (χ4v) is 3.86. The molecule has 0 bridgehead atoms. The molecule has 1 amide bonds. The van der Waals surface area contributed by atoms with Crippen molar-refractivity contribution in [1.29, 1.82) is 0 Å². The predicted octanol–water partition coefficient (Wildman–Crippen LogP) is 2.27. The van der Waals surface area contributed by atoms with E-state index in [-0.39, 0.29) is 11.8 Å². The number of rotatable bonds is 6. The van der Waals surface area contributed by atoms with Crippen molar-refractivity contribution in [1.82, 2.24) is 19.7 Å². The van der Waals surface area contributed by atoms with Crippen molar-refractivity contribution in [2.45, 2.75) is 31.9 Å². The molecule has 0 aliphatic carbocycles. The highest BCUT2D eigenvalue weighted by molar-refractivity contribution is 5.82. The van der Waals surface area contributed by atoms with Crippen LogP contribution in [0.1, 0.15) is 18.4 Å². The Bertz CT molecular complexity index is 904. The van der Waals surface area contributed by atoms with Crippen molar-refractivity contribution in [3.63, 3.8) is 0 Å². The van der Waals surface area contributed by atoms with E-state index in [1.54, 1.807) is 6.20 Å². The molecule has 6 nitrogen and oxygen atoms in total. The van der Waals surface area contributed by atoms with E-state index in [4.69, 9.17) is 0 Å². The summed E-state index contributed by atoms with van der Waals surface area (Å²) in [6.45, 7) is 1.77. The van der Waals surface area contributed by atoms with Crippen LogP contribution in [0.4, 0.5) is 0 Å². The number of carbonyl (C=O) groups excluding carboxylic acids is 1. The van der Waals surface area contributed by atoms with Gasteiger partial charge in [-0.1, -0.05) is 18.2 Å². The lowest BCUT2D eigenvalue weighted by Gasteiger charge is -2.16. The maximum Gasteiger partial charge on any atom is 0.222 e. The second-order valence-electron chi connectivity index (χ2n) is 7.19. The molecule has 1 aliphatic heterocycles. The summed E-state index contributed by atoms with van der Waals surface area (Å²) in [6, 6.07) is 12.0. The second-order valence-corrected chi connectivity index (χ2v) is 7.19. The number of aliphatic hydroxyl groups excluding tert-OH is 1. The highest BCUT2D eigenvalue weighted by Gasteiger charge is 2.33. The summed E-state index contributed by atoms with van der Waals surface area (Å²) in [5, 5.41) is 15.8. The van der Waals surface area contributed by atoms with E-state index in [0.717, 1.165) is 30.3 Å². The third kappa shape index (κ3) is 4.01. The van der Waals surface area contributed by atoms with Crippen LogP contribution >= 0.6 is 0 Å². The number of pyridine rings is 1. The topological polar surface area (TPSA) is 71.2 Å². The standard InChI is InChI=1S/C21H24N4O2/c26-20-15-24(21(27)7-3-11-25-12-4-9-23-25)14-17(20)13-16-8-10-22-19-6-2-1-5-18(16)19/h1-2,4-6,8-10,12,17,20,26H,3,7,11,13-15H2/t17-,20+/m1/s1. The van der Waals surface area contributed by atoms with E-state index < -0.39 is 6.10 Å². The number of hydrogen-bond donors (Lipinski definition) is 1. The second kappa shape index (κ2) is 7.88. The van der Waals surface area contributed by atoms with E-state index in [1.807, 2.05) is 52.3 Å². The van der Waals surface area contributed by atoms with Crippen LogP contribution in [0.2, 0.25) is 0 Å². The summed E-state index contributed by atoms with van der Waals surface area (Å²) in [5.74, 6) is 0.175. The summed E-state index contributed by atoms with van der Waals surface area (Å²) >= 11 is 0. The molecule has 1 aliphatic rings. The summed E-state index contributed by atoms with van der Waals surface area (Å²) in [4.78, 5) is 18.7. The van der Waals surface area contributed by atoms with Crippen LogP contribution in [0, 0.1) is 5.92 Å². The molecule has 1 fully saturated rings. The molecule has 140 valence electrons. The van der Waals surface area contributed by atoms with Crippen LogP contribution < -0.4 is 0 Å². The van der Waals surface area contributed by atoms with Gasteiger partial charge in [0, 0.05) is 55.9 Å². The fourth-order valence-electron chi connectivity index (χ4n) is 3.86. The van der Waals surface area contributed by atoms with Gasteiger partial charge in [-0.25, -0.2) is 0 Å². The molecule has 1 N–H and O–H groups in total. The number of likely N-dealkylation sites (tertiary alicyclic amines) is 1. The summed E-state index contributed by atoms with van der Waals surface area (Å²) < 4.78 is 1.84. The minimum absolute atomic E-state index is 0.0610. The molecule has 0 radical (unpaired) electrons. The van der Waals surface area contributed by atoms with Crippen molar-refractivity contribution < 1.29 is 9.90 Å². The predicted molar refractivity (Wildman–Crippen MR) is 103 cm³/mol. The Morgan fingerprint density at radius 3 is 2.89 bits per heavy atom. The third-order valence-corrected chi connectivity index (χ3v) is 5.32. The first-order valence-electron chi connectivity index (χ1n) is 9.46. The van der Waals surface area contributed by atoms with Crippen LogP contribution in [0.25, 0.3) is 10.9 Å². The number of amides is 1. The van der Waals surface area contributed by atoms with Crippen LogP contribution in [-0.2, 0) is 17.8 Å². The number of aryl methyl sites for hydroxylation is 1. The van der Waals surface area contributed by atoms with Gasteiger partial charge in [-0.05, 0) is 36.6 Å². The first kappa shape index (κ1) is 17.7. The van der Waals surface area contributed by atoms with E-state index in [2.05, 4.69) is 16.1 Å². The van der Waals surface area contributed by atoms with E-state index >= 15 is 0 Å². The molecule has 2 aromatic heterocycles. The average Bonchev–Trinajstić information content (AvgIpc) is 3.32. The summed E-state index contributed by atoms with van der Waals surface area (Å²) in [6.07, 6.45) is 6.97. The lowest BCUT2D eigenvalue weighted by molar-refractivity contribution is -0.130. The number of para-hydroxylation sites is 1. The number of carbonyl (C=O) groups is 1. The smallest absolute Gasteiger partial charge is 0.222 e. The lowest BCUT2D eigenvalue weighted by atomic mass is 9.94. The Labute approximate surface area is 158 Å². The molecule has 0 saturated carbocycles. The minimum Gasteiger partial charge on any atom is -0.391 e. The maximum atomic E-state index is 12.5. The molecular weight excluding hydrogens is 340 g/mol. The highest BCUT2D eigenvalue weighted by atomic mass is 16.3. The first-order valence-corrected chi connectivity index (χ1v) is 9.46. The molecule has 6 heteroatoms. The van der Waals surface area contributed by atoms with Gasteiger partial charge in [0.2, 0.25) is 5.91 Å². The maximum absolute atomic E-state index is 12.5. The Morgan fingerprint density at radius 2 is 2.04 bits per heavy atom. The van der Waals surface area contributed by atoms with Crippen molar-refractivity contribution >= 4 is 16.8 Å². The Kier molecular flexibility index (Phi) is 5.16. The zero-order valence-electron chi connectivity index (χ0n) is 15.2. The van der Waals surface area contributed by atoms with Gasteiger partial charge in [-0.15, -0.1) is 0 Å². The summed E-state index contributed by atoms with van der Waals surface area (Å²) in [5.41, 5.74) is 2.15. The van der Waals surface area contributed by atoms with Crippen LogP contribution in [-0.4, -0.2) is 49.9 Å². The van der Waals surface area contributed by atoms with Crippen LogP contribution in [0.5, 0.6) is 0 Å². The fraction of sp³-hybridized carbons (Fsp3) is 0.381. The van der Waals surface area contributed by atoms with Gasteiger partial charge in [0.1, 0.15) is 0 Å². The van der Waals surface area contributed by atoms with Gasteiger partial charge in [-0.2, -0.15) is 5.10 Å². The molecule has 3 aromatic rings. The number of fused-ring (bicyclic) bond motifs is 1. The number of nitrogens with zero attached hydrogens (tertiary/aromatic N) is 4. The largest absolute Gasteiger partial charge is 0.391 e. The van der Waals surface area contributed by atoms with Gasteiger partial charge in [-0.3, -0.25) is 14.5 Å². The number of hydrogen-bond acceptors (Lipinski definition) is 4. The van der Waals surface area contributed by atoms with Crippen molar-refractivity contribution in [3.8, 4) is 0 Å². The number of β-amino-alcohol motifs (C(OH)–C–C–N with tert-alkyl or cyclic N) is 1. The highest BCUT2D eigenvalue weighted by Crippen LogP contribution is 2.26. The first-order chi connectivity index (χ1) is 13.2. The molecular formula is C21H24N4O2. The van der Waals surface area contributed by atoms with E-state index in [0.29, 0.717) is 19.5 Å². The van der Waals surface area contributed by atoms with E-state index in [9.17, 15) is 9.90 Å². The Balaban J connectivity index is 1.35.